The summed E-state index contributed by atoms with van der Waals surface area (Å²) in [5.41, 5.74) is 0. The molecule has 0 aliphatic heterocycles. The van der Waals surface area contributed by atoms with Crippen LogP contribution in [0.5, 0.6) is 0 Å². The zero-order chi connectivity index (χ0) is 12.3. The van der Waals surface area contributed by atoms with Crippen LogP contribution in [0.4, 0.5) is 0 Å². The van der Waals surface area contributed by atoms with E-state index in [9.17, 15) is 5.11 Å². The molecule has 0 aliphatic rings. The van der Waals surface area contributed by atoms with Gasteiger partial charge in [0.25, 0.3) is 0 Å². The number of hydrogen-bond donors (Lipinski definition) is 1. The average Bonchev–Trinajstić information content (AvgIpc) is 2.60. The second-order valence-electron chi connectivity index (χ2n) is 3.28. The van der Waals surface area contributed by atoms with Crippen molar-refractivity contribution in [1.82, 2.24) is 5.01 Å². The molecule has 0 saturated heterocycles. The zero-order valence-corrected chi connectivity index (χ0v) is 11.0. The van der Waals surface area contributed by atoms with Crippen molar-refractivity contribution in [2.75, 3.05) is 14.1 Å². The number of hydrogen-bond acceptors (Lipinski definition) is 4. The van der Waals surface area contributed by atoms with Gasteiger partial charge < -0.3 is 14.5 Å². The monoisotopic (exact) mass is 284 g/mol. The number of furan rings is 1. The highest BCUT2D eigenvalue weighted by molar-refractivity contribution is 6.67. The molecule has 16 heavy (non-hydrogen) atoms. The van der Waals surface area contributed by atoms with E-state index in [1.165, 1.54) is 12.3 Å². The molecule has 0 bridgehead atoms. The molecule has 1 atom stereocenters. The van der Waals surface area contributed by atoms with E-state index in [1.807, 2.05) is 0 Å². The van der Waals surface area contributed by atoms with Gasteiger partial charge in [0.1, 0.15) is 11.5 Å². The molecular weight excluding hydrogens is 274 g/mol. The van der Waals surface area contributed by atoms with E-state index in [0.29, 0.717) is 5.76 Å². The number of halogens is 3. The standard InChI is InChI=1S/C9H11Cl3N2O2/c1-14(2)13-5-6-3-4-7(16-6)8(15)9(10,11)12/h3-5,8,15H,1-2H3/b13-5-/t8-/m1/s1. The fourth-order valence-corrected chi connectivity index (χ4v) is 1.24. The Labute approximate surface area is 108 Å². The summed E-state index contributed by atoms with van der Waals surface area (Å²) in [4.78, 5) is 0. The normalized spacial score (nSPS) is 14.4. The van der Waals surface area contributed by atoms with Crippen molar-refractivity contribution in [3.05, 3.63) is 23.7 Å². The van der Waals surface area contributed by atoms with E-state index in [4.69, 9.17) is 39.2 Å². The highest BCUT2D eigenvalue weighted by atomic mass is 35.6. The van der Waals surface area contributed by atoms with Crippen LogP contribution in [0.1, 0.15) is 17.6 Å². The Balaban J connectivity index is 2.79. The lowest BCUT2D eigenvalue weighted by atomic mass is 10.3. The smallest absolute Gasteiger partial charge is 0.223 e. The minimum atomic E-state index is -1.81. The zero-order valence-electron chi connectivity index (χ0n) is 8.69. The van der Waals surface area contributed by atoms with Crippen LogP contribution in [-0.2, 0) is 0 Å². The molecule has 0 unspecified atom stereocenters. The number of hydrazone groups is 1. The molecule has 90 valence electrons. The SMILES string of the molecule is CN(C)/N=C\c1ccc([C@@H](O)C(Cl)(Cl)Cl)o1. The fourth-order valence-electron chi connectivity index (χ4n) is 0.918. The molecule has 4 nitrogen and oxygen atoms in total. The van der Waals surface area contributed by atoms with Crippen LogP contribution >= 0.6 is 34.8 Å². The van der Waals surface area contributed by atoms with Gasteiger partial charge >= 0.3 is 0 Å². The van der Waals surface area contributed by atoms with Gasteiger partial charge in [-0.15, -0.1) is 0 Å². The summed E-state index contributed by atoms with van der Waals surface area (Å²) in [7, 11) is 3.55. The number of alkyl halides is 3. The first-order valence-corrected chi connectivity index (χ1v) is 5.50. The lowest BCUT2D eigenvalue weighted by Crippen LogP contribution is -2.15. The van der Waals surface area contributed by atoms with Crippen molar-refractivity contribution in [3.8, 4) is 0 Å². The lowest BCUT2D eigenvalue weighted by molar-refractivity contribution is 0.153. The van der Waals surface area contributed by atoms with Crippen molar-refractivity contribution in [2.45, 2.75) is 9.90 Å². The Bertz CT molecular complexity index is 371. The van der Waals surface area contributed by atoms with E-state index >= 15 is 0 Å². The fraction of sp³-hybridized carbons (Fsp3) is 0.444. The van der Waals surface area contributed by atoms with Gasteiger partial charge in [-0.05, 0) is 12.1 Å². The Morgan fingerprint density at radius 2 is 2.06 bits per heavy atom. The van der Waals surface area contributed by atoms with Crippen molar-refractivity contribution in [1.29, 1.82) is 0 Å². The maximum absolute atomic E-state index is 9.60. The molecule has 0 spiro atoms. The average molecular weight is 286 g/mol. The maximum atomic E-state index is 9.60. The Hall–Kier alpha value is -0.420. The quantitative estimate of drug-likeness (QED) is 0.527. The van der Waals surface area contributed by atoms with Crippen LogP contribution in [0, 0.1) is 0 Å². The molecule has 0 radical (unpaired) electrons. The molecule has 0 fully saturated rings. The van der Waals surface area contributed by atoms with E-state index in [2.05, 4.69) is 5.10 Å². The molecule has 1 heterocycles. The first-order chi connectivity index (χ1) is 7.30. The molecule has 0 amide bonds. The predicted octanol–water partition coefficient (Wildman–Crippen LogP) is 2.58. The van der Waals surface area contributed by atoms with Gasteiger partial charge in [0, 0.05) is 14.1 Å². The molecule has 0 saturated carbocycles. The lowest BCUT2D eigenvalue weighted by Gasteiger charge is -2.15. The third-order valence-electron chi connectivity index (χ3n) is 1.64. The Morgan fingerprint density at radius 3 is 2.56 bits per heavy atom. The maximum Gasteiger partial charge on any atom is 0.223 e. The molecule has 1 aromatic rings. The molecule has 0 aliphatic carbocycles. The molecular formula is C9H11Cl3N2O2. The van der Waals surface area contributed by atoms with Crippen molar-refractivity contribution >= 4 is 41.0 Å². The first kappa shape index (κ1) is 13.6. The van der Waals surface area contributed by atoms with Gasteiger partial charge in [-0.2, -0.15) is 5.10 Å². The molecule has 1 rings (SSSR count). The molecule has 7 heteroatoms. The van der Waals surface area contributed by atoms with Gasteiger partial charge in [0.15, 0.2) is 6.10 Å². The van der Waals surface area contributed by atoms with Crippen LogP contribution in [0.25, 0.3) is 0 Å². The van der Waals surface area contributed by atoms with Gasteiger partial charge in [0.05, 0.1) is 6.21 Å². The summed E-state index contributed by atoms with van der Waals surface area (Å²) in [6, 6.07) is 3.16. The second kappa shape index (κ2) is 5.27. The third kappa shape index (κ3) is 3.87. The number of rotatable bonds is 3. The van der Waals surface area contributed by atoms with Crippen molar-refractivity contribution < 1.29 is 9.52 Å². The Kier molecular flexibility index (Phi) is 4.50. The molecule has 1 N–H and O–H groups in total. The summed E-state index contributed by atoms with van der Waals surface area (Å²) in [5.74, 6) is 0.650. The topological polar surface area (TPSA) is 49.0 Å². The van der Waals surface area contributed by atoms with Crippen LogP contribution in [-0.4, -0.2) is 34.2 Å². The number of nitrogens with zero attached hydrogens (tertiary/aromatic N) is 2. The van der Waals surface area contributed by atoms with Crippen LogP contribution in [0.3, 0.4) is 0 Å². The van der Waals surface area contributed by atoms with E-state index in [1.54, 1.807) is 25.2 Å². The largest absolute Gasteiger partial charge is 0.457 e. The van der Waals surface area contributed by atoms with Crippen LogP contribution in [0.2, 0.25) is 0 Å². The van der Waals surface area contributed by atoms with E-state index in [-0.39, 0.29) is 5.76 Å². The minimum absolute atomic E-state index is 0.181. The Morgan fingerprint density at radius 1 is 1.44 bits per heavy atom. The van der Waals surface area contributed by atoms with Crippen LogP contribution in [0.15, 0.2) is 21.7 Å². The van der Waals surface area contributed by atoms with Crippen molar-refractivity contribution in [2.24, 2.45) is 5.10 Å². The van der Waals surface area contributed by atoms with E-state index in [0.717, 1.165) is 0 Å². The summed E-state index contributed by atoms with van der Waals surface area (Å²) < 4.78 is 3.43. The highest BCUT2D eigenvalue weighted by Crippen LogP contribution is 2.39. The van der Waals surface area contributed by atoms with Crippen molar-refractivity contribution in [3.63, 3.8) is 0 Å². The summed E-state index contributed by atoms with van der Waals surface area (Å²) in [6.45, 7) is 0. The van der Waals surface area contributed by atoms with Crippen LogP contribution < -0.4 is 0 Å². The van der Waals surface area contributed by atoms with E-state index < -0.39 is 9.90 Å². The third-order valence-corrected chi connectivity index (χ3v) is 2.26. The number of aliphatic hydroxyl groups excluding tert-OH is 1. The highest BCUT2D eigenvalue weighted by Gasteiger charge is 2.34. The molecule has 0 aromatic carbocycles. The minimum Gasteiger partial charge on any atom is -0.457 e. The first-order valence-electron chi connectivity index (χ1n) is 4.36. The summed E-state index contributed by atoms with van der Waals surface area (Å²) >= 11 is 16.6. The predicted molar refractivity (Wildman–Crippen MR) is 65.2 cm³/mol. The summed E-state index contributed by atoms with van der Waals surface area (Å²) in [5, 5.41) is 15.2. The summed E-state index contributed by atoms with van der Waals surface area (Å²) in [6.07, 6.45) is 0.188. The molecule has 1 aromatic heterocycles. The van der Waals surface area contributed by atoms with Gasteiger partial charge in [-0.25, -0.2) is 0 Å². The van der Waals surface area contributed by atoms with Gasteiger partial charge in [-0.3, -0.25) is 0 Å². The van der Waals surface area contributed by atoms with Gasteiger partial charge in [-0.1, -0.05) is 34.8 Å². The second-order valence-corrected chi connectivity index (χ2v) is 5.65. The van der Waals surface area contributed by atoms with Gasteiger partial charge in [0.2, 0.25) is 3.79 Å². The number of aliphatic hydroxyl groups is 1.